The Morgan fingerprint density at radius 1 is 1.33 bits per heavy atom. The van der Waals surface area contributed by atoms with E-state index in [1.807, 2.05) is 4.68 Å². The minimum atomic E-state index is -0.0682. The van der Waals surface area contributed by atoms with Crippen LogP contribution in [0, 0.1) is 12.8 Å². The number of nitrogens with zero attached hydrogens (tertiary/aromatic N) is 2. The normalized spacial score (nSPS) is 17.6. The van der Waals surface area contributed by atoms with Gasteiger partial charge in [-0.05, 0) is 57.1 Å². The molecule has 3 N–H and O–H groups in total. The van der Waals surface area contributed by atoms with Crippen LogP contribution in [0.2, 0.25) is 0 Å². The number of fused-ring (bicyclic) bond motifs is 1. The summed E-state index contributed by atoms with van der Waals surface area (Å²) in [5, 5.41) is 7.77. The van der Waals surface area contributed by atoms with Crippen molar-refractivity contribution in [2.24, 2.45) is 11.7 Å². The maximum atomic E-state index is 12.8. The van der Waals surface area contributed by atoms with Gasteiger partial charge in [0, 0.05) is 23.8 Å². The number of rotatable bonds is 5. The number of hydrogen-bond donors (Lipinski definition) is 2. The van der Waals surface area contributed by atoms with Gasteiger partial charge < -0.3 is 11.1 Å². The third kappa shape index (κ3) is 2.73. The Kier molecular flexibility index (Phi) is 3.88. The number of aromatic nitrogens is 2. The largest absolute Gasteiger partial charge is 0.346 e. The Bertz CT molecular complexity index is 758. The summed E-state index contributed by atoms with van der Waals surface area (Å²) >= 11 is 0. The molecule has 5 heteroatoms. The molecule has 1 amide bonds. The SMILES string of the molecule is Cc1ccc(-n2nc(C(=O)NC(CN)C3CC3)c3c2CCC3)cc1. The van der Waals surface area contributed by atoms with E-state index >= 15 is 0 Å². The highest BCUT2D eigenvalue weighted by atomic mass is 16.2. The molecule has 1 saturated carbocycles. The summed E-state index contributed by atoms with van der Waals surface area (Å²) in [7, 11) is 0. The van der Waals surface area contributed by atoms with E-state index in [1.165, 1.54) is 11.3 Å². The minimum Gasteiger partial charge on any atom is -0.346 e. The Morgan fingerprint density at radius 2 is 2.08 bits per heavy atom. The lowest BCUT2D eigenvalue weighted by molar-refractivity contribution is 0.0927. The highest BCUT2D eigenvalue weighted by Crippen LogP contribution is 2.33. The molecule has 2 aliphatic rings. The Morgan fingerprint density at radius 3 is 2.75 bits per heavy atom. The predicted octanol–water partition coefficient (Wildman–Crippen LogP) is 2.14. The molecule has 24 heavy (non-hydrogen) atoms. The third-order valence-electron chi connectivity index (χ3n) is 5.19. The molecular formula is C19H24N4O. The summed E-state index contributed by atoms with van der Waals surface area (Å²) in [5.74, 6) is 0.479. The molecular weight excluding hydrogens is 300 g/mol. The van der Waals surface area contributed by atoms with Crippen LogP contribution < -0.4 is 11.1 Å². The first-order chi connectivity index (χ1) is 11.7. The van der Waals surface area contributed by atoms with E-state index in [1.54, 1.807) is 0 Å². The Labute approximate surface area is 142 Å². The van der Waals surface area contributed by atoms with Gasteiger partial charge in [0.05, 0.1) is 5.69 Å². The highest BCUT2D eigenvalue weighted by molar-refractivity contribution is 5.94. The van der Waals surface area contributed by atoms with Gasteiger partial charge in [0.2, 0.25) is 0 Å². The number of nitrogens with two attached hydrogens (primary N) is 1. The van der Waals surface area contributed by atoms with Gasteiger partial charge in [0.1, 0.15) is 0 Å². The zero-order valence-corrected chi connectivity index (χ0v) is 14.1. The summed E-state index contributed by atoms with van der Waals surface area (Å²) in [6.45, 7) is 2.57. The van der Waals surface area contributed by atoms with Crippen LogP contribution in [0.15, 0.2) is 24.3 Å². The molecule has 1 aromatic carbocycles. The van der Waals surface area contributed by atoms with Crippen molar-refractivity contribution < 1.29 is 4.79 Å². The quantitative estimate of drug-likeness (QED) is 0.885. The fourth-order valence-electron chi connectivity index (χ4n) is 3.62. The van der Waals surface area contributed by atoms with E-state index in [0.717, 1.165) is 43.4 Å². The molecule has 5 nitrogen and oxygen atoms in total. The van der Waals surface area contributed by atoms with Crippen molar-refractivity contribution in [3.63, 3.8) is 0 Å². The average Bonchev–Trinajstić information content (AvgIpc) is 3.20. The molecule has 0 radical (unpaired) electrons. The summed E-state index contributed by atoms with van der Waals surface area (Å²) in [4.78, 5) is 12.8. The molecule has 0 aliphatic heterocycles. The molecule has 1 fully saturated rings. The number of carbonyl (C=O) groups excluding carboxylic acids is 1. The summed E-state index contributed by atoms with van der Waals surface area (Å²) in [6.07, 6.45) is 5.32. The van der Waals surface area contributed by atoms with Crippen molar-refractivity contribution in [2.75, 3.05) is 6.54 Å². The van der Waals surface area contributed by atoms with Gasteiger partial charge in [-0.25, -0.2) is 4.68 Å². The van der Waals surface area contributed by atoms with E-state index in [9.17, 15) is 4.79 Å². The lowest BCUT2D eigenvalue weighted by Crippen LogP contribution is -2.42. The van der Waals surface area contributed by atoms with Crippen LogP contribution in [0.4, 0.5) is 0 Å². The monoisotopic (exact) mass is 324 g/mol. The van der Waals surface area contributed by atoms with Crippen molar-refractivity contribution in [1.82, 2.24) is 15.1 Å². The molecule has 0 spiro atoms. The molecule has 2 aliphatic carbocycles. The van der Waals surface area contributed by atoms with Gasteiger partial charge >= 0.3 is 0 Å². The zero-order chi connectivity index (χ0) is 16.7. The maximum Gasteiger partial charge on any atom is 0.272 e. The first-order valence-corrected chi connectivity index (χ1v) is 8.86. The minimum absolute atomic E-state index is 0.0682. The topological polar surface area (TPSA) is 72.9 Å². The number of aryl methyl sites for hydroxylation is 1. The van der Waals surface area contributed by atoms with Crippen molar-refractivity contribution in [3.8, 4) is 5.69 Å². The average molecular weight is 324 g/mol. The zero-order valence-electron chi connectivity index (χ0n) is 14.1. The van der Waals surface area contributed by atoms with Gasteiger partial charge in [-0.3, -0.25) is 4.79 Å². The van der Waals surface area contributed by atoms with Crippen LogP contribution in [-0.2, 0) is 12.8 Å². The summed E-state index contributed by atoms with van der Waals surface area (Å²) < 4.78 is 1.95. The van der Waals surface area contributed by atoms with Gasteiger partial charge in [0.15, 0.2) is 5.69 Å². The number of hydrogen-bond acceptors (Lipinski definition) is 3. The van der Waals surface area contributed by atoms with E-state index in [0.29, 0.717) is 18.2 Å². The molecule has 2 aromatic rings. The number of amides is 1. The lowest BCUT2D eigenvalue weighted by atomic mass is 10.1. The van der Waals surface area contributed by atoms with Crippen molar-refractivity contribution in [3.05, 3.63) is 46.8 Å². The first kappa shape index (κ1) is 15.4. The molecule has 0 bridgehead atoms. The molecule has 1 heterocycles. The first-order valence-electron chi connectivity index (χ1n) is 8.86. The molecule has 1 atom stereocenters. The van der Waals surface area contributed by atoms with Gasteiger partial charge in [-0.15, -0.1) is 0 Å². The Balaban J connectivity index is 1.65. The summed E-state index contributed by atoms with van der Waals surface area (Å²) in [6, 6.07) is 8.37. The van der Waals surface area contributed by atoms with Crippen molar-refractivity contribution in [1.29, 1.82) is 0 Å². The smallest absolute Gasteiger partial charge is 0.272 e. The van der Waals surface area contributed by atoms with Crippen LogP contribution in [-0.4, -0.2) is 28.3 Å². The van der Waals surface area contributed by atoms with Crippen LogP contribution in [0.1, 0.15) is 46.6 Å². The fraction of sp³-hybridized carbons (Fsp3) is 0.474. The fourth-order valence-corrected chi connectivity index (χ4v) is 3.62. The number of benzene rings is 1. The van der Waals surface area contributed by atoms with Crippen molar-refractivity contribution in [2.45, 2.75) is 45.1 Å². The van der Waals surface area contributed by atoms with Gasteiger partial charge in [-0.1, -0.05) is 17.7 Å². The van der Waals surface area contributed by atoms with Crippen molar-refractivity contribution >= 4 is 5.91 Å². The van der Waals surface area contributed by atoms with E-state index in [4.69, 9.17) is 5.73 Å². The maximum absolute atomic E-state index is 12.8. The summed E-state index contributed by atoms with van der Waals surface area (Å²) in [5.41, 5.74) is 10.9. The molecule has 1 unspecified atom stereocenters. The predicted molar refractivity (Wildman–Crippen MR) is 93.4 cm³/mol. The standard InChI is InChI=1S/C19H24N4O/c1-12-5-9-14(10-6-12)23-17-4-2-3-15(17)18(22-23)19(24)21-16(11-20)13-7-8-13/h5-6,9-10,13,16H,2-4,7-8,11,20H2,1H3,(H,21,24). The van der Waals surface area contributed by atoms with Crippen LogP contribution >= 0.6 is 0 Å². The molecule has 4 rings (SSSR count). The third-order valence-corrected chi connectivity index (χ3v) is 5.19. The van der Waals surface area contributed by atoms with E-state index in [-0.39, 0.29) is 11.9 Å². The number of carbonyl (C=O) groups is 1. The molecule has 0 saturated heterocycles. The molecule has 126 valence electrons. The van der Waals surface area contributed by atoms with Gasteiger partial charge in [0.25, 0.3) is 5.91 Å². The Hall–Kier alpha value is -2.14. The van der Waals surface area contributed by atoms with Crippen LogP contribution in [0.3, 0.4) is 0 Å². The second-order valence-electron chi connectivity index (χ2n) is 7.03. The van der Waals surface area contributed by atoms with E-state index in [2.05, 4.69) is 41.6 Å². The second kappa shape index (κ2) is 6.06. The van der Waals surface area contributed by atoms with E-state index < -0.39 is 0 Å². The highest BCUT2D eigenvalue weighted by Gasteiger charge is 2.33. The number of nitrogens with one attached hydrogen (secondary N) is 1. The second-order valence-corrected chi connectivity index (χ2v) is 7.03. The lowest BCUT2D eigenvalue weighted by Gasteiger charge is -2.15. The van der Waals surface area contributed by atoms with Crippen LogP contribution in [0.25, 0.3) is 5.69 Å². The molecule has 1 aromatic heterocycles. The van der Waals surface area contributed by atoms with Crippen LogP contribution in [0.5, 0.6) is 0 Å². The van der Waals surface area contributed by atoms with Gasteiger partial charge in [-0.2, -0.15) is 5.10 Å².